The number of nitrogens with one attached hydrogen (secondary N) is 1. The molecule has 8 heteroatoms. The minimum Gasteiger partial charge on any atom is -0.378 e. The zero-order valence-electron chi connectivity index (χ0n) is 8.98. The molecule has 3 nitrogen and oxygen atoms in total. The number of ether oxygens (including phenoxy) is 1. The van der Waals surface area contributed by atoms with Gasteiger partial charge >= 0.3 is 18.0 Å². The predicted octanol–water partition coefficient (Wildman–Crippen LogP) is 1.87. The van der Waals surface area contributed by atoms with Crippen LogP contribution in [0.2, 0.25) is 0 Å². The van der Waals surface area contributed by atoms with Crippen molar-refractivity contribution >= 4 is 5.91 Å². The van der Waals surface area contributed by atoms with Crippen LogP contribution in [0.1, 0.15) is 19.8 Å². The van der Waals surface area contributed by atoms with Crippen LogP contribution in [0, 0.1) is 0 Å². The van der Waals surface area contributed by atoms with Crippen LogP contribution in [0.3, 0.4) is 0 Å². The highest BCUT2D eigenvalue weighted by Crippen LogP contribution is 2.36. The summed E-state index contributed by atoms with van der Waals surface area (Å²) in [5, 5.41) is 1.66. The van der Waals surface area contributed by atoms with Crippen molar-refractivity contribution in [3.8, 4) is 0 Å². The lowest BCUT2D eigenvalue weighted by atomic mass is 9.89. The minimum absolute atomic E-state index is 0.176. The Bertz CT molecular complexity index is 286. The molecule has 0 saturated heterocycles. The van der Waals surface area contributed by atoms with Crippen molar-refractivity contribution in [2.75, 3.05) is 6.61 Å². The third kappa shape index (κ3) is 3.05. The van der Waals surface area contributed by atoms with Gasteiger partial charge in [0.05, 0.1) is 6.10 Å². The number of hydrogen-bond acceptors (Lipinski definition) is 2. The molecule has 0 aromatic heterocycles. The predicted molar refractivity (Wildman–Crippen MR) is 47.6 cm³/mol. The summed E-state index contributed by atoms with van der Waals surface area (Å²) in [5.41, 5.74) is 0. The van der Waals surface area contributed by atoms with E-state index >= 15 is 0 Å². The molecule has 1 aliphatic carbocycles. The van der Waals surface area contributed by atoms with Gasteiger partial charge < -0.3 is 10.1 Å². The largest absolute Gasteiger partial charge is 0.463 e. The summed E-state index contributed by atoms with van der Waals surface area (Å²) in [6, 6.07) is -0.674. The Morgan fingerprint density at radius 1 is 1.29 bits per heavy atom. The van der Waals surface area contributed by atoms with Gasteiger partial charge in [-0.05, 0) is 19.8 Å². The fourth-order valence-electron chi connectivity index (χ4n) is 1.46. The summed E-state index contributed by atoms with van der Waals surface area (Å²) in [7, 11) is 0. The lowest BCUT2D eigenvalue weighted by Gasteiger charge is -2.36. The van der Waals surface area contributed by atoms with Crippen molar-refractivity contribution in [3.63, 3.8) is 0 Å². The summed E-state index contributed by atoms with van der Waals surface area (Å²) >= 11 is 0. The van der Waals surface area contributed by atoms with Crippen LogP contribution in [-0.4, -0.2) is 36.8 Å². The molecule has 0 aromatic rings. The molecule has 0 aromatic carbocycles. The first-order valence-electron chi connectivity index (χ1n) is 5.05. The van der Waals surface area contributed by atoms with Crippen molar-refractivity contribution < 1.29 is 31.5 Å². The molecular formula is C9H12F5NO2. The summed E-state index contributed by atoms with van der Waals surface area (Å²) in [5.74, 6) is -7.64. The molecule has 17 heavy (non-hydrogen) atoms. The van der Waals surface area contributed by atoms with E-state index in [2.05, 4.69) is 0 Å². The van der Waals surface area contributed by atoms with Gasteiger partial charge in [0.15, 0.2) is 0 Å². The summed E-state index contributed by atoms with van der Waals surface area (Å²) in [4.78, 5) is 10.8. The molecule has 100 valence electrons. The third-order valence-electron chi connectivity index (χ3n) is 2.47. The zero-order valence-corrected chi connectivity index (χ0v) is 8.98. The highest BCUT2D eigenvalue weighted by atomic mass is 19.4. The number of hydrogen-bond donors (Lipinski definition) is 1. The van der Waals surface area contributed by atoms with Gasteiger partial charge in [0.1, 0.15) is 0 Å². The van der Waals surface area contributed by atoms with Crippen molar-refractivity contribution in [1.29, 1.82) is 0 Å². The van der Waals surface area contributed by atoms with E-state index in [0.29, 0.717) is 6.61 Å². The average molecular weight is 261 g/mol. The SMILES string of the molecule is CCOC1CC(NC(=O)C(F)(F)C(F)(F)F)C1. The molecule has 0 atom stereocenters. The van der Waals surface area contributed by atoms with E-state index in [1.54, 1.807) is 12.2 Å². The van der Waals surface area contributed by atoms with E-state index in [9.17, 15) is 26.7 Å². The smallest absolute Gasteiger partial charge is 0.378 e. The lowest BCUT2D eigenvalue weighted by Crippen LogP contribution is -2.56. The summed E-state index contributed by atoms with van der Waals surface area (Å²) in [6.07, 6.45) is -5.52. The Balaban J connectivity index is 2.42. The Labute approximate surface area is 94.3 Å². The van der Waals surface area contributed by atoms with Gasteiger partial charge in [-0.2, -0.15) is 22.0 Å². The van der Waals surface area contributed by atoms with Crippen LogP contribution >= 0.6 is 0 Å². The number of halogens is 5. The van der Waals surface area contributed by atoms with E-state index < -0.39 is 24.0 Å². The van der Waals surface area contributed by atoms with Gasteiger partial charge in [0, 0.05) is 12.6 Å². The molecule has 1 saturated carbocycles. The second-order valence-corrected chi connectivity index (χ2v) is 3.79. The highest BCUT2D eigenvalue weighted by Gasteiger charge is 2.63. The van der Waals surface area contributed by atoms with E-state index in [1.807, 2.05) is 0 Å². The average Bonchev–Trinajstić information content (AvgIpc) is 2.12. The van der Waals surface area contributed by atoms with Crippen LogP contribution < -0.4 is 5.32 Å². The van der Waals surface area contributed by atoms with Crippen molar-refractivity contribution in [3.05, 3.63) is 0 Å². The highest BCUT2D eigenvalue weighted by molar-refractivity contribution is 5.84. The monoisotopic (exact) mass is 261 g/mol. The van der Waals surface area contributed by atoms with E-state index in [1.165, 1.54) is 0 Å². The van der Waals surface area contributed by atoms with Gasteiger partial charge in [0.2, 0.25) is 0 Å². The number of carbonyl (C=O) groups is 1. The van der Waals surface area contributed by atoms with Crippen LogP contribution in [0.4, 0.5) is 22.0 Å². The molecule has 0 unspecified atom stereocenters. The molecule has 0 bridgehead atoms. The van der Waals surface area contributed by atoms with Crippen LogP contribution in [-0.2, 0) is 9.53 Å². The first-order valence-corrected chi connectivity index (χ1v) is 5.05. The fraction of sp³-hybridized carbons (Fsp3) is 0.889. The fourth-order valence-corrected chi connectivity index (χ4v) is 1.46. The van der Waals surface area contributed by atoms with E-state index in [0.717, 1.165) is 0 Å². The van der Waals surface area contributed by atoms with Gasteiger partial charge in [-0.25, -0.2) is 0 Å². The number of alkyl halides is 5. The maximum atomic E-state index is 12.5. The molecular weight excluding hydrogens is 249 g/mol. The molecule has 1 N–H and O–H groups in total. The number of rotatable bonds is 4. The third-order valence-corrected chi connectivity index (χ3v) is 2.47. The van der Waals surface area contributed by atoms with Gasteiger partial charge in [-0.15, -0.1) is 0 Å². The van der Waals surface area contributed by atoms with Crippen molar-refractivity contribution in [2.45, 2.75) is 44.0 Å². The lowest BCUT2D eigenvalue weighted by molar-refractivity contribution is -0.270. The van der Waals surface area contributed by atoms with Gasteiger partial charge in [0.25, 0.3) is 0 Å². The van der Waals surface area contributed by atoms with Gasteiger partial charge in [-0.1, -0.05) is 0 Å². The normalized spacial score (nSPS) is 25.3. The van der Waals surface area contributed by atoms with Crippen molar-refractivity contribution in [2.24, 2.45) is 0 Å². The number of amides is 1. The Kier molecular flexibility index (Phi) is 3.95. The Hall–Kier alpha value is -0.920. The minimum atomic E-state index is -5.86. The molecule has 0 spiro atoms. The topological polar surface area (TPSA) is 38.3 Å². The molecule has 0 aliphatic heterocycles. The molecule has 0 radical (unpaired) electrons. The molecule has 1 rings (SSSR count). The summed E-state index contributed by atoms with van der Waals surface area (Å²) < 4.78 is 65.6. The van der Waals surface area contributed by atoms with Crippen LogP contribution in [0.5, 0.6) is 0 Å². The van der Waals surface area contributed by atoms with E-state index in [4.69, 9.17) is 4.74 Å². The first-order chi connectivity index (χ1) is 7.68. The molecule has 1 amide bonds. The second-order valence-electron chi connectivity index (χ2n) is 3.79. The maximum Gasteiger partial charge on any atom is 0.463 e. The van der Waals surface area contributed by atoms with Crippen LogP contribution in [0.15, 0.2) is 0 Å². The quantitative estimate of drug-likeness (QED) is 0.784. The Morgan fingerprint density at radius 2 is 1.82 bits per heavy atom. The van der Waals surface area contributed by atoms with Crippen LogP contribution in [0.25, 0.3) is 0 Å². The van der Waals surface area contributed by atoms with E-state index in [-0.39, 0.29) is 18.9 Å². The van der Waals surface area contributed by atoms with Gasteiger partial charge in [-0.3, -0.25) is 4.79 Å². The first kappa shape index (κ1) is 14.1. The molecule has 1 aliphatic rings. The Morgan fingerprint density at radius 3 is 2.24 bits per heavy atom. The zero-order chi connectivity index (χ0) is 13.3. The summed E-state index contributed by atoms with van der Waals surface area (Å²) in [6.45, 7) is 2.17. The standard InChI is InChI=1S/C9H12F5NO2/c1-2-17-6-3-5(4-6)15-7(16)8(10,11)9(12,13)14/h5-6H,2-4H2,1H3,(H,15,16). The molecule has 1 fully saturated rings. The maximum absolute atomic E-state index is 12.5. The molecule has 0 heterocycles. The van der Waals surface area contributed by atoms with Crippen molar-refractivity contribution in [1.82, 2.24) is 5.32 Å². The number of carbonyl (C=O) groups excluding carboxylic acids is 1. The second kappa shape index (κ2) is 4.75.